The first-order valence-electron chi connectivity index (χ1n) is 8.15. The molecule has 0 radical (unpaired) electrons. The first-order valence-corrected chi connectivity index (χ1v) is 9.13. The fraction of sp³-hybridized carbons (Fsp3) is 0.200. The Morgan fingerprint density at radius 1 is 1.16 bits per heavy atom. The molecule has 25 heavy (non-hydrogen) atoms. The van der Waals surface area contributed by atoms with Crippen LogP contribution in [0.15, 0.2) is 59.6 Å². The van der Waals surface area contributed by atoms with Crippen molar-refractivity contribution in [3.63, 3.8) is 0 Å². The van der Waals surface area contributed by atoms with Crippen LogP contribution in [0.1, 0.15) is 6.92 Å². The molecule has 0 spiro atoms. The minimum Gasteiger partial charge on any atom is -0.497 e. The SMILES string of the molecule is CCNC(=O)CSc1cc(-c2ccccc2)c2ccc(OC)cc2n1. The molecule has 0 unspecified atom stereocenters. The Morgan fingerprint density at radius 3 is 2.68 bits per heavy atom. The van der Waals surface area contributed by atoms with Gasteiger partial charge in [-0.25, -0.2) is 4.98 Å². The molecule has 2 aromatic carbocycles. The van der Waals surface area contributed by atoms with Crippen molar-refractivity contribution in [3.05, 3.63) is 54.6 Å². The lowest BCUT2D eigenvalue weighted by atomic mass is 10.0. The van der Waals surface area contributed by atoms with E-state index in [-0.39, 0.29) is 5.91 Å². The van der Waals surface area contributed by atoms with Gasteiger partial charge in [-0.3, -0.25) is 4.79 Å². The third-order valence-electron chi connectivity index (χ3n) is 3.80. The minimum atomic E-state index is 0.0151. The second-order valence-electron chi connectivity index (χ2n) is 5.50. The molecule has 0 aliphatic heterocycles. The number of methoxy groups -OCH3 is 1. The molecule has 1 N–H and O–H groups in total. The average molecular weight is 352 g/mol. The summed E-state index contributed by atoms with van der Waals surface area (Å²) in [6.45, 7) is 2.55. The number of rotatable bonds is 6. The zero-order chi connectivity index (χ0) is 17.6. The Balaban J connectivity index is 2.04. The number of amides is 1. The van der Waals surface area contributed by atoms with Crippen LogP contribution < -0.4 is 10.1 Å². The maximum absolute atomic E-state index is 11.8. The minimum absolute atomic E-state index is 0.0151. The molecule has 5 heteroatoms. The van der Waals surface area contributed by atoms with Crippen LogP contribution in [0.25, 0.3) is 22.0 Å². The maximum Gasteiger partial charge on any atom is 0.230 e. The quantitative estimate of drug-likeness (QED) is 0.678. The van der Waals surface area contributed by atoms with Gasteiger partial charge in [0.1, 0.15) is 5.75 Å². The van der Waals surface area contributed by atoms with Crippen LogP contribution in [0.3, 0.4) is 0 Å². The number of carbonyl (C=O) groups is 1. The Hall–Kier alpha value is -2.53. The van der Waals surface area contributed by atoms with Gasteiger partial charge in [0.2, 0.25) is 5.91 Å². The van der Waals surface area contributed by atoms with Gasteiger partial charge >= 0.3 is 0 Å². The molecule has 128 valence electrons. The predicted molar refractivity (Wildman–Crippen MR) is 103 cm³/mol. The van der Waals surface area contributed by atoms with Crippen LogP contribution in [-0.4, -0.2) is 30.3 Å². The van der Waals surface area contributed by atoms with Crippen molar-refractivity contribution in [1.82, 2.24) is 10.3 Å². The summed E-state index contributed by atoms with van der Waals surface area (Å²) in [6, 6.07) is 18.2. The average Bonchev–Trinajstić information content (AvgIpc) is 2.66. The van der Waals surface area contributed by atoms with Crippen molar-refractivity contribution in [2.24, 2.45) is 0 Å². The van der Waals surface area contributed by atoms with E-state index in [9.17, 15) is 4.79 Å². The van der Waals surface area contributed by atoms with E-state index < -0.39 is 0 Å². The molecule has 0 aliphatic carbocycles. The number of aromatic nitrogens is 1. The molecule has 1 heterocycles. The highest BCUT2D eigenvalue weighted by atomic mass is 32.2. The molecular weight excluding hydrogens is 332 g/mol. The summed E-state index contributed by atoms with van der Waals surface area (Å²) in [4.78, 5) is 16.5. The first-order chi connectivity index (χ1) is 12.2. The summed E-state index contributed by atoms with van der Waals surface area (Å²) >= 11 is 1.44. The predicted octanol–water partition coefficient (Wildman–Crippen LogP) is 4.14. The molecule has 0 saturated carbocycles. The molecule has 1 amide bonds. The highest BCUT2D eigenvalue weighted by Gasteiger charge is 2.11. The topological polar surface area (TPSA) is 51.2 Å². The van der Waals surface area contributed by atoms with E-state index in [2.05, 4.69) is 17.4 Å². The number of hydrogen-bond acceptors (Lipinski definition) is 4. The van der Waals surface area contributed by atoms with Gasteiger partial charge in [-0.15, -0.1) is 0 Å². The third-order valence-corrected chi connectivity index (χ3v) is 4.71. The Kier molecular flexibility index (Phi) is 5.56. The van der Waals surface area contributed by atoms with Gasteiger partial charge in [-0.05, 0) is 36.2 Å². The summed E-state index contributed by atoms with van der Waals surface area (Å²) in [5, 5.41) is 4.70. The number of benzene rings is 2. The number of thioether (sulfide) groups is 1. The second-order valence-corrected chi connectivity index (χ2v) is 6.49. The van der Waals surface area contributed by atoms with E-state index in [1.807, 2.05) is 49.4 Å². The van der Waals surface area contributed by atoms with E-state index in [0.29, 0.717) is 12.3 Å². The van der Waals surface area contributed by atoms with Gasteiger partial charge in [0.15, 0.2) is 0 Å². The zero-order valence-electron chi connectivity index (χ0n) is 14.3. The summed E-state index contributed by atoms with van der Waals surface area (Å²) in [6.07, 6.45) is 0. The van der Waals surface area contributed by atoms with Crippen molar-refractivity contribution in [3.8, 4) is 16.9 Å². The number of nitrogens with zero attached hydrogens (tertiary/aromatic N) is 1. The van der Waals surface area contributed by atoms with E-state index in [4.69, 9.17) is 9.72 Å². The van der Waals surface area contributed by atoms with Gasteiger partial charge in [0.05, 0.1) is 23.4 Å². The lowest BCUT2D eigenvalue weighted by Crippen LogP contribution is -2.24. The van der Waals surface area contributed by atoms with E-state index in [0.717, 1.165) is 32.8 Å². The number of pyridine rings is 1. The molecule has 4 nitrogen and oxygen atoms in total. The van der Waals surface area contributed by atoms with Crippen molar-refractivity contribution < 1.29 is 9.53 Å². The maximum atomic E-state index is 11.8. The van der Waals surface area contributed by atoms with Crippen molar-refractivity contribution in [1.29, 1.82) is 0 Å². The van der Waals surface area contributed by atoms with Gasteiger partial charge in [-0.1, -0.05) is 42.1 Å². The lowest BCUT2D eigenvalue weighted by Gasteiger charge is -2.11. The van der Waals surface area contributed by atoms with Gasteiger partial charge in [0.25, 0.3) is 0 Å². The molecule has 3 aromatic rings. The highest BCUT2D eigenvalue weighted by molar-refractivity contribution is 7.99. The highest BCUT2D eigenvalue weighted by Crippen LogP contribution is 2.33. The standard InChI is InChI=1S/C20H20N2O2S/c1-3-21-19(23)13-25-20-12-17(14-7-5-4-6-8-14)16-10-9-15(24-2)11-18(16)22-20/h4-12H,3,13H2,1-2H3,(H,21,23). The summed E-state index contributed by atoms with van der Waals surface area (Å²) in [7, 11) is 1.65. The molecule has 0 bridgehead atoms. The van der Waals surface area contributed by atoms with Crippen LogP contribution in [0.5, 0.6) is 5.75 Å². The Bertz CT molecular complexity index is 882. The smallest absolute Gasteiger partial charge is 0.230 e. The third kappa shape index (κ3) is 4.12. The summed E-state index contributed by atoms with van der Waals surface area (Å²) in [5.41, 5.74) is 3.09. The Labute approximate surface area is 151 Å². The fourth-order valence-corrected chi connectivity index (χ4v) is 3.37. The largest absolute Gasteiger partial charge is 0.497 e. The zero-order valence-corrected chi connectivity index (χ0v) is 15.1. The molecule has 1 aromatic heterocycles. The number of nitrogens with one attached hydrogen (secondary N) is 1. The van der Waals surface area contributed by atoms with Crippen LogP contribution >= 0.6 is 11.8 Å². The lowest BCUT2D eigenvalue weighted by molar-refractivity contribution is -0.118. The van der Waals surface area contributed by atoms with Crippen molar-refractivity contribution >= 4 is 28.6 Å². The summed E-state index contributed by atoms with van der Waals surface area (Å²) < 4.78 is 5.33. The van der Waals surface area contributed by atoms with Gasteiger partial charge in [-0.2, -0.15) is 0 Å². The van der Waals surface area contributed by atoms with E-state index in [1.54, 1.807) is 7.11 Å². The number of fused-ring (bicyclic) bond motifs is 1. The monoisotopic (exact) mass is 352 g/mol. The van der Waals surface area contributed by atoms with Crippen LogP contribution in [0.4, 0.5) is 0 Å². The number of ether oxygens (including phenoxy) is 1. The fourth-order valence-electron chi connectivity index (χ4n) is 2.63. The van der Waals surface area contributed by atoms with Crippen molar-refractivity contribution in [2.45, 2.75) is 11.9 Å². The second kappa shape index (κ2) is 8.03. The van der Waals surface area contributed by atoms with Crippen LogP contribution in [0.2, 0.25) is 0 Å². The van der Waals surface area contributed by atoms with Crippen LogP contribution in [-0.2, 0) is 4.79 Å². The van der Waals surface area contributed by atoms with Crippen LogP contribution in [0, 0.1) is 0 Å². The number of carbonyl (C=O) groups excluding carboxylic acids is 1. The first kappa shape index (κ1) is 17.3. The number of hydrogen-bond donors (Lipinski definition) is 1. The van der Waals surface area contributed by atoms with Crippen molar-refractivity contribution in [2.75, 3.05) is 19.4 Å². The molecular formula is C20H20N2O2S. The molecule has 0 saturated heterocycles. The molecule has 0 atom stereocenters. The van der Waals surface area contributed by atoms with E-state index in [1.165, 1.54) is 11.8 Å². The molecule has 3 rings (SSSR count). The normalized spacial score (nSPS) is 10.6. The Morgan fingerprint density at radius 2 is 1.96 bits per heavy atom. The van der Waals surface area contributed by atoms with E-state index >= 15 is 0 Å². The van der Waals surface area contributed by atoms with Gasteiger partial charge < -0.3 is 10.1 Å². The summed E-state index contributed by atoms with van der Waals surface area (Å²) in [5.74, 6) is 1.14. The molecule has 0 fully saturated rings. The molecule has 0 aliphatic rings. The van der Waals surface area contributed by atoms with Gasteiger partial charge in [0, 0.05) is 18.0 Å².